The van der Waals surface area contributed by atoms with Gasteiger partial charge >= 0.3 is 0 Å². The molecule has 0 amide bonds. The summed E-state index contributed by atoms with van der Waals surface area (Å²) in [6.45, 7) is 2.06. The van der Waals surface area contributed by atoms with Gasteiger partial charge in [0.2, 0.25) is 11.8 Å². The second-order valence-electron chi connectivity index (χ2n) is 6.15. The smallest absolute Gasteiger partial charge is 0.247 e. The zero-order chi connectivity index (χ0) is 18.1. The van der Waals surface area contributed by atoms with Crippen LogP contribution >= 0.6 is 11.6 Å². The van der Waals surface area contributed by atoms with Gasteiger partial charge < -0.3 is 9.15 Å². The molecule has 0 aliphatic rings. The molecule has 4 rings (SSSR count). The number of benzene rings is 3. The predicted octanol–water partition coefficient (Wildman–Crippen LogP) is 5.70. The maximum atomic E-state index is 5.93. The Bertz CT molecular complexity index is 1060. The van der Waals surface area contributed by atoms with E-state index in [9.17, 15) is 0 Å². The van der Waals surface area contributed by atoms with Crippen molar-refractivity contribution >= 4 is 22.4 Å². The fourth-order valence-corrected chi connectivity index (χ4v) is 3.03. The molecule has 3 aromatic carbocycles. The summed E-state index contributed by atoms with van der Waals surface area (Å²) in [5.74, 6) is 1.93. The van der Waals surface area contributed by atoms with Crippen LogP contribution in [-0.4, -0.2) is 17.3 Å². The molecule has 0 bridgehead atoms. The van der Waals surface area contributed by atoms with Gasteiger partial charge in [0.1, 0.15) is 5.75 Å². The van der Waals surface area contributed by atoms with E-state index in [1.54, 1.807) is 7.11 Å². The summed E-state index contributed by atoms with van der Waals surface area (Å²) in [4.78, 5) is 0. The maximum absolute atomic E-state index is 5.93. The van der Waals surface area contributed by atoms with E-state index in [-0.39, 0.29) is 5.92 Å². The van der Waals surface area contributed by atoms with Crippen molar-refractivity contribution < 1.29 is 9.15 Å². The van der Waals surface area contributed by atoms with Gasteiger partial charge in [0.15, 0.2) is 0 Å². The van der Waals surface area contributed by atoms with E-state index in [2.05, 4.69) is 41.4 Å². The Hall–Kier alpha value is -2.85. The summed E-state index contributed by atoms with van der Waals surface area (Å²) in [5.41, 5.74) is 1.97. The molecule has 0 fully saturated rings. The van der Waals surface area contributed by atoms with Gasteiger partial charge in [-0.25, -0.2) is 0 Å². The van der Waals surface area contributed by atoms with Crippen molar-refractivity contribution in [3.8, 4) is 17.2 Å². The number of ether oxygens (including phenoxy) is 1. The molecule has 1 unspecified atom stereocenters. The van der Waals surface area contributed by atoms with Gasteiger partial charge in [-0.05, 0) is 59.7 Å². The van der Waals surface area contributed by atoms with E-state index in [0.717, 1.165) is 27.6 Å². The molecule has 0 saturated heterocycles. The maximum Gasteiger partial charge on any atom is 0.247 e. The highest BCUT2D eigenvalue weighted by Gasteiger charge is 2.17. The van der Waals surface area contributed by atoms with Crippen molar-refractivity contribution in [3.63, 3.8) is 0 Å². The first-order valence-corrected chi connectivity index (χ1v) is 8.69. The number of methoxy groups -OCH3 is 1. The van der Waals surface area contributed by atoms with Crippen LogP contribution in [-0.2, 0) is 0 Å². The van der Waals surface area contributed by atoms with Crippen molar-refractivity contribution in [1.82, 2.24) is 10.2 Å². The first-order valence-electron chi connectivity index (χ1n) is 8.31. The monoisotopic (exact) mass is 364 g/mol. The van der Waals surface area contributed by atoms with E-state index in [1.807, 2.05) is 36.4 Å². The number of nitrogens with zero attached hydrogens (tertiary/aromatic N) is 2. The summed E-state index contributed by atoms with van der Waals surface area (Å²) < 4.78 is 11.2. The van der Waals surface area contributed by atoms with Crippen molar-refractivity contribution in [3.05, 3.63) is 77.1 Å². The average Bonchev–Trinajstić information content (AvgIpc) is 3.17. The lowest BCUT2D eigenvalue weighted by Gasteiger charge is -2.09. The van der Waals surface area contributed by atoms with Crippen LogP contribution in [0.3, 0.4) is 0 Å². The second-order valence-corrected chi connectivity index (χ2v) is 6.58. The summed E-state index contributed by atoms with van der Waals surface area (Å²) in [7, 11) is 1.67. The van der Waals surface area contributed by atoms with Crippen LogP contribution in [0.4, 0.5) is 0 Å². The third kappa shape index (κ3) is 3.16. The van der Waals surface area contributed by atoms with Gasteiger partial charge in [-0.3, -0.25) is 0 Å². The zero-order valence-electron chi connectivity index (χ0n) is 14.4. The molecule has 130 valence electrons. The average molecular weight is 365 g/mol. The number of aromatic nitrogens is 2. The van der Waals surface area contributed by atoms with E-state index < -0.39 is 0 Å². The van der Waals surface area contributed by atoms with Gasteiger partial charge in [-0.2, -0.15) is 0 Å². The fourth-order valence-electron chi connectivity index (χ4n) is 2.90. The quantitative estimate of drug-likeness (QED) is 0.465. The van der Waals surface area contributed by atoms with Gasteiger partial charge in [0.05, 0.1) is 13.0 Å². The highest BCUT2D eigenvalue weighted by molar-refractivity contribution is 6.30. The summed E-state index contributed by atoms with van der Waals surface area (Å²) in [6, 6.07) is 19.7. The van der Waals surface area contributed by atoms with Crippen LogP contribution < -0.4 is 4.74 Å². The van der Waals surface area contributed by atoms with E-state index >= 15 is 0 Å². The molecule has 0 saturated carbocycles. The Labute approximate surface area is 156 Å². The Morgan fingerprint density at radius 3 is 2.42 bits per heavy atom. The summed E-state index contributed by atoms with van der Waals surface area (Å²) in [6.07, 6.45) is 0. The van der Waals surface area contributed by atoms with E-state index in [1.165, 1.54) is 0 Å². The van der Waals surface area contributed by atoms with Crippen LogP contribution in [0.5, 0.6) is 5.75 Å². The van der Waals surface area contributed by atoms with Crippen LogP contribution in [0.2, 0.25) is 5.02 Å². The lowest BCUT2D eigenvalue weighted by molar-refractivity contribution is 0.415. The molecule has 0 N–H and O–H groups in total. The molecule has 4 aromatic rings. The molecule has 0 spiro atoms. The number of hydrogen-bond donors (Lipinski definition) is 0. The molecule has 0 aliphatic heterocycles. The highest BCUT2D eigenvalue weighted by atomic mass is 35.5. The molecule has 5 heteroatoms. The Kier molecular flexibility index (Phi) is 4.35. The third-order valence-electron chi connectivity index (χ3n) is 4.47. The third-order valence-corrected chi connectivity index (χ3v) is 4.73. The van der Waals surface area contributed by atoms with Gasteiger partial charge in [0.25, 0.3) is 0 Å². The molecule has 26 heavy (non-hydrogen) atoms. The molecule has 4 nitrogen and oxygen atoms in total. The lowest BCUT2D eigenvalue weighted by atomic mass is 9.97. The molecule has 1 aromatic heterocycles. The first-order chi connectivity index (χ1) is 12.6. The molecule has 1 atom stereocenters. The van der Waals surface area contributed by atoms with Crippen LogP contribution in [0.15, 0.2) is 65.1 Å². The number of halogens is 1. The van der Waals surface area contributed by atoms with Gasteiger partial charge in [-0.1, -0.05) is 35.9 Å². The summed E-state index contributed by atoms with van der Waals surface area (Å²) >= 11 is 5.93. The van der Waals surface area contributed by atoms with Crippen molar-refractivity contribution in [2.75, 3.05) is 7.11 Å². The predicted molar refractivity (Wildman–Crippen MR) is 103 cm³/mol. The Morgan fingerprint density at radius 1 is 0.923 bits per heavy atom. The number of hydrogen-bond acceptors (Lipinski definition) is 4. The van der Waals surface area contributed by atoms with Crippen LogP contribution in [0, 0.1) is 0 Å². The SMILES string of the molecule is COc1ccc2cc(C(C)c3nnc(-c4ccc(Cl)cc4)o3)ccc2c1. The molecular formula is C21H17ClN2O2. The Morgan fingerprint density at radius 2 is 1.65 bits per heavy atom. The normalized spacial score (nSPS) is 12.3. The molecule has 0 radical (unpaired) electrons. The van der Waals surface area contributed by atoms with Crippen molar-refractivity contribution in [1.29, 1.82) is 0 Å². The minimum Gasteiger partial charge on any atom is -0.497 e. The largest absolute Gasteiger partial charge is 0.497 e. The standard InChI is InChI=1S/C21H17ClN2O2/c1-13(15-3-4-17-12-19(25-2)10-7-16(17)11-15)20-23-24-21(26-20)14-5-8-18(22)9-6-14/h3-13H,1-2H3. The minimum atomic E-state index is -0.00458. The zero-order valence-corrected chi connectivity index (χ0v) is 15.2. The van der Waals surface area contributed by atoms with E-state index in [4.69, 9.17) is 20.8 Å². The highest BCUT2D eigenvalue weighted by Crippen LogP contribution is 2.30. The summed E-state index contributed by atoms with van der Waals surface area (Å²) in [5, 5.41) is 11.4. The topological polar surface area (TPSA) is 48.2 Å². The molecule has 0 aliphatic carbocycles. The van der Waals surface area contributed by atoms with Crippen molar-refractivity contribution in [2.45, 2.75) is 12.8 Å². The molecule has 1 heterocycles. The Balaban J connectivity index is 1.64. The van der Waals surface area contributed by atoms with Crippen LogP contribution in [0.1, 0.15) is 24.3 Å². The van der Waals surface area contributed by atoms with Crippen molar-refractivity contribution in [2.24, 2.45) is 0 Å². The number of rotatable bonds is 4. The molecular weight excluding hydrogens is 348 g/mol. The minimum absolute atomic E-state index is 0.00458. The van der Waals surface area contributed by atoms with E-state index in [0.29, 0.717) is 16.8 Å². The van der Waals surface area contributed by atoms with Crippen LogP contribution in [0.25, 0.3) is 22.2 Å². The fraction of sp³-hybridized carbons (Fsp3) is 0.143. The number of fused-ring (bicyclic) bond motifs is 1. The second kappa shape index (κ2) is 6.81. The van der Waals surface area contributed by atoms with Gasteiger partial charge in [0, 0.05) is 10.6 Å². The van der Waals surface area contributed by atoms with Gasteiger partial charge in [-0.15, -0.1) is 10.2 Å². The first kappa shape index (κ1) is 16.6. The lowest BCUT2D eigenvalue weighted by Crippen LogP contribution is -1.96.